The van der Waals surface area contributed by atoms with Crippen molar-refractivity contribution in [1.29, 1.82) is 0 Å². The van der Waals surface area contributed by atoms with E-state index in [2.05, 4.69) is 9.71 Å². The molecule has 0 radical (unpaired) electrons. The highest BCUT2D eigenvalue weighted by atomic mass is 32.2. The summed E-state index contributed by atoms with van der Waals surface area (Å²) in [4.78, 5) is 13.5. The number of sulfonamides is 1. The summed E-state index contributed by atoms with van der Waals surface area (Å²) >= 11 is 0. The molecule has 1 heterocycles. The highest BCUT2D eigenvalue weighted by Crippen LogP contribution is 2.25. The number of nitro benzene ring substituents is 1. The second-order valence-electron chi connectivity index (χ2n) is 6.83. The molecule has 8 nitrogen and oxygen atoms in total. The fourth-order valence-corrected chi connectivity index (χ4v) is 4.23. The Morgan fingerprint density at radius 1 is 0.935 bits per heavy atom. The maximum Gasteiger partial charge on any atom is 0.269 e. The van der Waals surface area contributed by atoms with Crippen LogP contribution in [0.2, 0.25) is 0 Å². The van der Waals surface area contributed by atoms with Crippen LogP contribution in [0.15, 0.2) is 83.9 Å². The lowest BCUT2D eigenvalue weighted by Gasteiger charge is -2.09. The third-order valence-electron chi connectivity index (χ3n) is 4.78. The number of hydrogen-bond acceptors (Lipinski definition) is 5. The zero-order chi connectivity index (χ0) is 21.8. The molecule has 4 rings (SSSR count). The predicted molar refractivity (Wildman–Crippen MR) is 117 cm³/mol. The van der Waals surface area contributed by atoms with Crippen molar-refractivity contribution in [3.8, 4) is 11.5 Å². The third kappa shape index (κ3) is 4.73. The van der Waals surface area contributed by atoms with Crippen molar-refractivity contribution in [3.63, 3.8) is 0 Å². The van der Waals surface area contributed by atoms with E-state index in [1.165, 1.54) is 48.5 Å². The van der Waals surface area contributed by atoms with E-state index in [0.717, 1.165) is 16.5 Å². The largest absolute Gasteiger partial charge is 0.457 e. The number of hydrogen-bond donors (Lipinski definition) is 2. The topological polar surface area (TPSA) is 114 Å². The van der Waals surface area contributed by atoms with E-state index in [1.54, 1.807) is 0 Å². The van der Waals surface area contributed by atoms with Crippen LogP contribution in [0.4, 0.5) is 5.69 Å². The Balaban J connectivity index is 1.37. The molecule has 9 heteroatoms. The number of nitrogens with zero attached hydrogens (tertiary/aromatic N) is 1. The molecule has 0 aliphatic heterocycles. The van der Waals surface area contributed by atoms with Crippen molar-refractivity contribution in [1.82, 2.24) is 9.71 Å². The molecule has 31 heavy (non-hydrogen) atoms. The lowest BCUT2D eigenvalue weighted by molar-refractivity contribution is -0.384. The van der Waals surface area contributed by atoms with Crippen LogP contribution in [0.25, 0.3) is 10.9 Å². The predicted octanol–water partition coefficient (Wildman–Crippen LogP) is 4.39. The Bertz CT molecular complexity index is 1310. The average Bonchev–Trinajstić information content (AvgIpc) is 3.18. The van der Waals surface area contributed by atoms with Crippen LogP contribution in [0.1, 0.15) is 5.56 Å². The molecule has 158 valence electrons. The van der Waals surface area contributed by atoms with Crippen LogP contribution in [-0.4, -0.2) is 24.9 Å². The van der Waals surface area contributed by atoms with Crippen molar-refractivity contribution in [2.24, 2.45) is 0 Å². The van der Waals surface area contributed by atoms with E-state index in [1.807, 2.05) is 30.5 Å². The fourth-order valence-electron chi connectivity index (χ4n) is 3.20. The molecule has 0 aliphatic rings. The molecule has 2 N–H and O–H groups in total. The van der Waals surface area contributed by atoms with Gasteiger partial charge in [0, 0.05) is 35.8 Å². The van der Waals surface area contributed by atoms with Crippen molar-refractivity contribution in [3.05, 3.63) is 94.7 Å². The quantitative estimate of drug-likeness (QED) is 0.313. The molecule has 4 aromatic rings. The summed E-state index contributed by atoms with van der Waals surface area (Å²) in [5.74, 6) is 0.838. The van der Waals surface area contributed by atoms with Crippen molar-refractivity contribution in [2.45, 2.75) is 11.3 Å². The summed E-state index contributed by atoms with van der Waals surface area (Å²) < 4.78 is 33.4. The highest BCUT2D eigenvalue weighted by molar-refractivity contribution is 7.89. The number of benzene rings is 3. The van der Waals surface area contributed by atoms with Crippen LogP contribution >= 0.6 is 0 Å². The Kier molecular flexibility index (Phi) is 5.70. The van der Waals surface area contributed by atoms with Gasteiger partial charge in [-0.15, -0.1) is 0 Å². The van der Waals surface area contributed by atoms with E-state index in [9.17, 15) is 18.5 Å². The van der Waals surface area contributed by atoms with Crippen molar-refractivity contribution < 1.29 is 18.1 Å². The first-order valence-corrected chi connectivity index (χ1v) is 11.0. The first-order valence-electron chi connectivity index (χ1n) is 9.49. The van der Waals surface area contributed by atoms with Crippen LogP contribution in [0.5, 0.6) is 11.5 Å². The van der Waals surface area contributed by atoms with Gasteiger partial charge in [0.2, 0.25) is 10.0 Å². The van der Waals surface area contributed by atoms with Gasteiger partial charge in [0.15, 0.2) is 0 Å². The van der Waals surface area contributed by atoms with Gasteiger partial charge in [-0.3, -0.25) is 10.1 Å². The Labute approximate surface area is 178 Å². The minimum Gasteiger partial charge on any atom is -0.457 e. The van der Waals surface area contributed by atoms with Crippen LogP contribution in [0.3, 0.4) is 0 Å². The number of nitrogens with one attached hydrogen (secondary N) is 2. The molecular formula is C22H19N3O5S. The van der Waals surface area contributed by atoms with Gasteiger partial charge in [0.25, 0.3) is 5.69 Å². The molecule has 0 bridgehead atoms. The normalized spacial score (nSPS) is 11.5. The van der Waals surface area contributed by atoms with E-state index in [0.29, 0.717) is 17.9 Å². The molecule has 0 unspecified atom stereocenters. The second-order valence-corrected chi connectivity index (χ2v) is 8.60. The molecule has 0 aliphatic carbocycles. The fraction of sp³-hybridized carbons (Fsp3) is 0.0909. The molecule has 0 amide bonds. The second kappa shape index (κ2) is 8.58. The third-order valence-corrected chi connectivity index (χ3v) is 6.26. The maximum absolute atomic E-state index is 12.6. The standard InChI is InChI=1S/C22H19N3O5S/c26-25(27)17-5-7-18(8-6-17)30-19-9-11-20(12-10-19)31(28,29)24-14-13-16-15-23-22-4-2-1-3-21(16)22/h1-12,15,23-24H,13-14H2. The number of fused-ring (bicyclic) bond motifs is 1. The summed E-state index contributed by atoms with van der Waals surface area (Å²) in [6, 6.07) is 19.5. The number of aromatic amines is 1. The summed E-state index contributed by atoms with van der Waals surface area (Å²) in [6.45, 7) is 0.269. The first kappa shape index (κ1) is 20.6. The van der Waals surface area contributed by atoms with Crippen molar-refractivity contribution >= 4 is 26.6 Å². The van der Waals surface area contributed by atoms with Gasteiger partial charge < -0.3 is 9.72 Å². The molecule has 0 fully saturated rings. The van der Waals surface area contributed by atoms with Gasteiger partial charge in [-0.05, 0) is 54.4 Å². The van der Waals surface area contributed by atoms with E-state index in [-0.39, 0.29) is 17.1 Å². The summed E-state index contributed by atoms with van der Waals surface area (Å²) in [5, 5.41) is 11.8. The van der Waals surface area contributed by atoms with Gasteiger partial charge in [-0.1, -0.05) is 18.2 Å². The number of nitro groups is 1. The average molecular weight is 437 g/mol. The van der Waals surface area contributed by atoms with Crippen LogP contribution in [0, 0.1) is 10.1 Å². The number of non-ortho nitro benzene ring substituents is 1. The van der Waals surface area contributed by atoms with E-state index < -0.39 is 14.9 Å². The maximum atomic E-state index is 12.6. The lowest BCUT2D eigenvalue weighted by atomic mass is 10.1. The molecular weight excluding hydrogens is 418 g/mol. The summed E-state index contributed by atoms with van der Waals surface area (Å²) in [5.41, 5.74) is 2.03. The monoisotopic (exact) mass is 437 g/mol. The highest BCUT2D eigenvalue weighted by Gasteiger charge is 2.14. The number of ether oxygens (including phenoxy) is 1. The number of rotatable bonds is 8. The lowest BCUT2D eigenvalue weighted by Crippen LogP contribution is -2.25. The number of H-pyrrole nitrogens is 1. The Morgan fingerprint density at radius 2 is 1.58 bits per heavy atom. The molecule has 1 aromatic heterocycles. The summed E-state index contributed by atoms with van der Waals surface area (Å²) in [6.07, 6.45) is 2.45. The Morgan fingerprint density at radius 3 is 2.26 bits per heavy atom. The smallest absolute Gasteiger partial charge is 0.269 e. The zero-order valence-electron chi connectivity index (χ0n) is 16.3. The minimum absolute atomic E-state index is 0.0347. The first-order chi connectivity index (χ1) is 14.9. The molecule has 0 spiro atoms. The Hall–Kier alpha value is -3.69. The summed E-state index contributed by atoms with van der Waals surface area (Å²) in [7, 11) is -3.66. The van der Waals surface area contributed by atoms with Gasteiger partial charge in [-0.25, -0.2) is 13.1 Å². The van der Waals surface area contributed by atoms with Gasteiger partial charge in [0.05, 0.1) is 9.82 Å². The van der Waals surface area contributed by atoms with Gasteiger partial charge >= 0.3 is 0 Å². The van der Waals surface area contributed by atoms with Crippen LogP contribution in [-0.2, 0) is 16.4 Å². The number of para-hydroxylation sites is 1. The zero-order valence-corrected chi connectivity index (χ0v) is 17.1. The number of aromatic nitrogens is 1. The molecule has 3 aromatic carbocycles. The van der Waals surface area contributed by atoms with Gasteiger partial charge in [0.1, 0.15) is 11.5 Å². The minimum atomic E-state index is -3.66. The molecule has 0 saturated carbocycles. The van der Waals surface area contributed by atoms with Crippen LogP contribution < -0.4 is 9.46 Å². The van der Waals surface area contributed by atoms with E-state index in [4.69, 9.17) is 4.74 Å². The van der Waals surface area contributed by atoms with Gasteiger partial charge in [-0.2, -0.15) is 0 Å². The van der Waals surface area contributed by atoms with Crippen molar-refractivity contribution in [2.75, 3.05) is 6.54 Å². The van der Waals surface area contributed by atoms with E-state index >= 15 is 0 Å². The molecule has 0 atom stereocenters. The molecule has 0 saturated heterocycles. The SMILES string of the molecule is O=[N+]([O-])c1ccc(Oc2ccc(S(=O)(=O)NCCc3c[nH]c4ccccc34)cc2)cc1.